The molecule has 0 spiro atoms. The second kappa shape index (κ2) is 7.84. The Morgan fingerprint density at radius 2 is 1.90 bits per heavy atom. The molecule has 0 saturated carbocycles. The Kier molecular flexibility index (Phi) is 5.09. The number of aryl methyl sites for hydroxylation is 3. The van der Waals surface area contributed by atoms with Gasteiger partial charge in [-0.25, -0.2) is 14.5 Å². The van der Waals surface area contributed by atoms with Crippen LogP contribution >= 0.6 is 0 Å². The summed E-state index contributed by atoms with van der Waals surface area (Å²) in [6.45, 7) is 6.66. The van der Waals surface area contributed by atoms with Crippen molar-refractivity contribution in [3.63, 3.8) is 0 Å². The zero-order valence-electron chi connectivity index (χ0n) is 16.7. The van der Waals surface area contributed by atoms with Crippen LogP contribution in [0.1, 0.15) is 17.2 Å². The number of rotatable bonds is 6. The molecule has 4 aromatic heterocycles. The maximum Gasteiger partial charge on any atom is 0.154 e. The van der Waals surface area contributed by atoms with Crippen molar-refractivity contribution < 1.29 is 4.74 Å². The Morgan fingerprint density at radius 1 is 1.03 bits per heavy atom. The molecule has 0 unspecified atom stereocenters. The van der Waals surface area contributed by atoms with Gasteiger partial charge in [0, 0.05) is 41.8 Å². The van der Waals surface area contributed by atoms with Crippen molar-refractivity contribution in [2.24, 2.45) is 5.73 Å². The van der Waals surface area contributed by atoms with E-state index in [0.717, 1.165) is 45.4 Å². The minimum Gasteiger partial charge on any atom is -0.490 e. The normalized spacial score (nSPS) is 11.0. The number of hydrogen-bond acceptors (Lipinski definition) is 7. The maximum atomic E-state index is 5.78. The number of ether oxygens (including phenoxy) is 1. The molecule has 0 fully saturated rings. The molecule has 0 aliphatic carbocycles. The Labute approximate surface area is 168 Å². The molecule has 3 N–H and O–H groups in total. The molecule has 8 nitrogen and oxygen atoms in total. The summed E-state index contributed by atoms with van der Waals surface area (Å²) in [7, 11) is 0. The van der Waals surface area contributed by atoms with Crippen LogP contribution in [0, 0.1) is 20.8 Å². The number of anilines is 2. The number of aromatic nitrogens is 5. The summed E-state index contributed by atoms with van der Waals surface area (Å²) in [5, 5.41) is 7.83. The molecule has 0 aliphatic heterocycles. The summed E-state index contributed by atoms with van der Waals surface area (Å²) in [5.74, 6) is 2.87. The zero-order chi connectivity index (χ0) is 20.4. The van der Waals surface area contributed by atoms with E-state index in [4.69, 9.17) is 10.5 Å². The monoisotopic (exact) mass is 389 g/mol. The third kappa shape index (κ3) is 4.17. The second-order valence-electron chi connectivity index (χ2n) is 6.84. The van der Waals surface area contributed by atoms with Gasteiger partial charge in [-0.3, -0.25) is 4.98 Å². The first-order valence-corrected chi connectivity index (χ1v) is 9.40. The van der Waals surface area contributed by atoms with Crippen LogP contribution < -0.4 is 15.8 Å². The predicted molar refractivity (Wildman–Crippen MR) is 112 cm³/mol. The molecule has 0 atom stereocenters. The SMILES string of the molecule is Cc1cc(-c2ccn3nc(Nc4cc(C)nc(C)n4)cc3c2)c(OCCN)cn1. The molecular formula is C21H23N7O. The van der Waals surface area contributed by atoms with Crippen LogP contribution in [-0.4, -0.2) is 37.7 Å². The fraction of sp³-hybridized carbons (Fsp3) is 0.238. The van der Waals surface area contributed by atoms with E-state index in [9.17, 15) is 0 Å². The molecule has 8 heteroatoms. The number of fused-ring (bicyclic) bond motifs is 1. The van der Waals surface area contributed by atoms with Crippen molar-refractivity contribution in [1.82, 2.24) is 24.6 Å². The third-order valence-corrected chi connectivity index (χ3v) is 4.38. The lowest BCUT2D eigenvalue weighted by molar-refractivity contribution is 0.328. The number of pyridine rings is 2. The van der Waals surface area contributed by atoms with Crippen LogP contribution in [0.3, 0.4) is 0 Å². The number of hydrogen-bond donors (Lipinski definition) is 2. The van der Waals surface area contributed by atoms with Gasteiger partial charge in [-0.15, -0.1) is 0 Å². The van der Waals surface area contributed by atoms with E-state index >= 15 is 0 Å². The van der Waals surface area contributed by atoms with Gasteiger partial charge in [-0.2, -0.15) is 5.10 Å². The van der Waals surface area contributed by atoms with E-state index in [0.29, 0.717) is 19.0 Å². The average molecular weight is 389 g/mol. The first kappa shape index (κ1) is 18.8. The Hall–Kier alpha value is -3.52. The van der Waals surface area contributed by atoms with Gasteiger partial charge in [0.2, 0.25) is 0 Å². The topological polar surface area (TPSA) is 103 Å². The number of nitrogens with zero attached hydrogens (tertiary/aromatic N) is 5. The van der Waals surface area contributed by atoms with Gasteiger partial charge in [0.15, 0.2) is 5.82 Å². The molecule has 148 valence electrons. The van der Waals surface area contributed by atoms with Crippen molar-refractivity contribution in [2.45, 2.75) is 20.8 Å². The minimum absolute atomic E-state index is 0.443. The highest BCUT2D eigenvalue weighted by atomic mass is 16.5. The predicted octanol–water partition coefficient (Wildman–Crippen LogP) is 3.19. The van der Waals surface area contributed by atoms with Gasteiger partial charge < -0.3 is 15.8 Å². The van der Waals surface area contributed by atoms with Gasteiger partial charge in [-0.1, -0.05) is 0 Å². The first-order chi connectivity index (χ1) is 14.0. The summed E-state index contributed by atoms with van der Waals surface area (Å²) in [6.07, 6.45) is 3.67. The minimum atomic E-state index is 0.443. The lowest BCUT2D eigenvalue weighted by Gasteiger charge is -2.11. The van der Waals surface area contributed by atoms with Gasteiger partial charge >= 0.3 is 0 Å². The lowest BCUT2D eigenvalue weighted by Crippen LogP contribution is -2.11. The van der Waals surface area contributed by atoms with Crippen molar-refractivity contribution in [1.29, 1.82) is 0 Å². The highest BCUT2D eigenvalue weighted by Crippen LogP contribution is 2.31. The lowest BCUT2D eigenvalue weighted by atomic mass is 10.1. The molecule has 0 aliphatic rings. The van der Waals surface area contributed by atoms with Gasteiger partial charge in [-0.05, 0) is 44.5 Å². The van der Waals surface area contributed by atoms with Crippen LogP contribution in [0.5, 0.6) is 5.75 Å². The smallest absolute Gasteiger partial charge is 0.154 e. The standard InChI is InChI=1S/C21H23N7O/c1-13-8-18(19(12-23-13)29-7-5-22)16-4-6-28-17(10-16)11-21(27-28)26-20-9-14(2)24-15(3)25-20/h4,6,8-12H,5,7,22H2,1-3H3,(H,24,25,26,27). The molecule has 29 heavy (non-hydrogen) atoms. The van der Waals surface area contributed by atoms with E-state index < -0.39 is 0 Å². The molecule has 0 bridgehead atoms. The van der Waals surface area contributed by atoms with Gasteiger partial charge in [0.05, 0.1) is 11.7 Å². The number of nitrogens with one attached hydrogen (secondary N) is 1. The molecule has 0 aromatic carbocycles. The van der Waals surface area contributed by atoms with Crippen LogP contribution in [0.25, 0.3) is 16.6 Å². The Morgan fingerprint density at radius 3 is 2.69 bits per heavy atom. The van der Waals surface area contributed by atoms with Crippen molar-refractivity contribution in [3.8, 4) is 16.9 Å². The van der Waals surface area contributed by atoms with Crippen LogP contribution in [-0.2, 0) is 0 Å². The van der Waals surface area contributed by atoms with Crippen LogP contribution in [0.4, 0.5) is 11.6 Å². The van der Waals surface area contributed by atoms with Gasteiger partial charge in [0.1, 0.15) is 24.0 Å². The fourth-order valence-corrected chi connectivity index (χ4v) is 3.19. The first-order valence-electron chi connectivity index (χ1n) is 9.40. The average Bonchev–Trinajstić information content (AvgIpc) is 3.07. The second-order valence-corrected chi connectivity index (χ2v) is 6.84. The highest BCUT2D eigenvalue weighted by molar-refractivity contribution is 5.75. The van der Waals surface area contributed by atoms with E-state index in [1.54, 1.807) is 6.20 Å². The molecule has 4 heterocycles. The molecule has 0 saturated heterocycles. The van der Waals surface area contributed by atoms with E-state index in [1.807, 2.05) is 55.7 Å². The Balaban J connectivity index is 1.68. The molecular weight excluding hydrogens is 366 g/mol. The summed E-state index contributed by atoms with van der Waals surface area (Å²) >= 11 is 0. The largest absolute Gasteiger partial charge is 0.490 e. The third-order valence-electron chi connectivity index (χ3n) is 4.38. The van der Waals surface area contributed by atoms with Crippen molar-refractivity contribution in [2.75, 3.05) is 18.5 Å². The van der Waals surface area contributed by atoms with E-state index in [-0.39, 0.29) is 0 Å². The molecule has 4 rings (SSSR count). The fourth-order valence-electron chi connectivity index (χ4n) is 3.19. The van der Waals surface area contributed by atoms with Crippen LogP contribution in [0.15, 0.2) is 42.7 Å². The highest BCUT2D eigenvalue weighted by Gasteiger charge is 2.11. The Bertz CT molecular complexity index is 1150. The number of nitrogens with two attached hydrogens (primary N) is 1. The summed E-state index contributed by atoms with van der Waals surface area (Å²) in [5.41, 5.74) is 10.4. The van der Waals surface area contributed by atoms with Crippen molar-refractivity contribution >= 4 is 17.2 Å². The quantitative estimate of drug-likeness (QED) is 0.522. The molecule has 0 radical (unpaired) electrons. The summed E-state index contributed by atoms with van der Waals surface area (Å²) < 4.78 is 7.60. The summed E-state index contributed by atoms with van der Waals surface area (Å²) in [4.78, 5) is 13.0. The summed E-state index contributed by atoms with van der Waals surface area (Å²) in [6, 6.07) is 9.96. The van der Waals surface area contributed by atoms with Crippen molar-refractivity contribution in [3.05, 3.63) is 59.9 Å². The zero-order valence-corrected chi connectivity index (χ0v) is 16.7. The van der Waals surface area contributed by atoms with Gasteiger partial charge in [0.25, 0.3) is 0 Å². The van der Waals surface area contributed by atoms with Crippen LogP contribution in [0.2, 0.25) is 0 Å². The molecule has 4 aromatic rings. The van der Waals surface area contributed by atoms with E-state index in [1.165, 1.54) is 0 Å². The molecule has 0 amide bonds. The maximum absolute atomic E-state index is 5.78. The van der Waals surface area contributed by atoms with E-state index in [2.05, 4.69) is 31.4 Å².